The Hall–Kier alpha value is 0.234. The van der Waals surface area contributed by atoms with Gasteiger partial charge in [0.25, 0.3) is 0 Å². The highest BCUT2D eigenvalue weighted by Gasteiger charge is 2.40. The average molecular weight is 366 g/mol. The summed E-state index contributed by atoms with van der Waals surface area (Å²) in [5, 5.41) is 0. The van der Waals surface area contributed by atoms with Gasteiger partial charge in [-0.2, -0.15) is 0 Å². The number of hydrogen-bond donors (Lipinski definition) is 1. The van der Waals surface area contributed by atoms with Gasteiger partial charge in [-0.25, -0.2) is 0 Å². The van der Waals surface area contributed by atoms with E-state index in [4.69, 9.17) is 23.4 Å². The zero-order chi connectivity index (χ0) is 17.8. The minimum atomic E-state index is -2.54. The van der Waals surface area contributed by atoms with E-state index < -0.39 is 17.1 Å². The van der Waals surface area contributed by atoms with Gasteiger partial charge in [0.15, 0.2) is 8.32 Å². The molecule has 1 atom stereocenters. The van der Waals surface area contributed by atoms with E-state index in [1.54, 1.807) is 0 Å². The molecular formula is C16H39NO4Si2. The van der Waals surface area contributed by atoms with Gasteiger partial charge in [0.2, 0.25) is 0 Å². The summed E-state index contributed by atoms with van der Waals surface area (Å²) < 4.78 is 23.5. The van der Waals surface area contributed by atoms with E-state index in [0.29, 0.717) is 19.8 Å². The molecule has 0 radical (unpaired) electrons. The second kappa shape index (κ2) is 12.6. The minimum absolute atomic E-state index is 0.176. The molecular weight excluding hydrogens is 326 g/mol. The van der Waals surface area contributed by atoms with Crippen LogP contribution in [0.2, 0.25) is 25.2 Å². The quantitative estimate of drug-likeness (QED) is 0.448. The summed E-state index contributed by atoms with van der Waals surface area (Å²) in [7, 11) is -4.03. The van der Waals surface area contributed by atoms with Gasteiger partial charge < -0.3 is 23.4 Å². The zero-order valence-electron chi connectivity index (χ0n) is 16.2. The monoisotopic (exact) mass is 365 g/mol. The van der Waals surface area contributed by atoms with E-state index in [0.717, 1.165) is 31.9 Å². The van der Waals surface area contributed by atoms with Crippen molar-refractivity contribution in [3.63, 3.8) is 0 Å². The van der Waals surface area contributed by atoms with Crippen LogP contribution >= 0.6 is 0 Å². The summed E-state index contributed by atoms with van der Waals surface area (Å²) in [4.78, 5) is 0. The van der Waals surface area contributed by atoms with Crippen LogP contribution in [-0.2, 0) is 17.7 Å². The Kier molecular flexibility index (Phi) is 12.7. The molecule has 0 aromatic heterocycles. The van der Waals surface area contributed by atoms with Crippen LogP contribution in [0.5, 0.6) is 0 Å². The number of nitrogens with two attached hydrogens (primary N) is 1. The highest BCUT2D eigenvalue weighted by Crippen LogP contribution is 2.21. The van der Waals surface area contributed by atoms with Crippen LogP contribution < -0.4 is 5.73 Å². The Balaban J connectivity index is 4.27. The standard InChI is InChI=1S/C16H39NO4Si2/c1-7-18-22(5,6)14-11-12-16(17)13-15-23(19-8-2,20-9-3)21-10-4/h16H,7-15,17H2,1-6H3. The molecule has 0 amide bonds. The number of rotatable bonds is 15. The molecule has 0 saturated heterocycles. The van der Waals surface area contributed by atoms with Gasteiger partial charge in [0.05, 0.1) is 0 Å². The van der Waals surface area contributed by atoms with Crippen LogP contribution in [-0.4, -0.2) is 49.6 Å². The lowest BCUT2D eigenvalue weighted by Crippen LogP contribution is -2.47. The van der Waals surface area contributed by atoms with Crippen molar-refractivity contribution in [2.45, 2.75) is 78.2 Å². The van der Waals surface area contributed by atoms with E-state index in [1.165, 1.54) is 6.04 Å². The first kappa shape index (κ1) is 23.2. The molecule has 0 fully saturated rings. The lowest BCUT2D eigenvalue weighted by molar-refractivity contribution is 0.0702. The van der Waals surface area contributed by atoms with E-state index in [1.807, 2.05) is 20.8 Å². The molecule has 0 aromatic carbocycles. The van der Waals surface area contributed by atoms with Gasteiger partial charge in [-0.1, -0.05) is 6.42 Å². The van der Waals surface area contributed by atoms with E-state index >= 15 is 0 Å². The SMILES string of the molecule is CCO[Si](C)(C)CCCC(N)CC[Si](OCC)(OCC)OCC. The molecule has 23 heavy (non-hydrogen) atoms. The van der Waals surface area contributed by atoms with Crippen molar-refractivity contribution in [2.75, 3.05) is 26.4 Å². The Morgan fingerprint density at radius 3 is 1.65 bits per heavy atom. The molecule has 1 unspecified atom stereocenters. The molecule has 0 aliphatic heterocycles. The second-order valence-corrected chi connectivity index (χ2v) is 13.4. The summed E-state index contributed by atoms with van der Waals surface area (Å²) >= 11 is 0. The fraction of sp³-hybridized carbons (Fsp3) is 1.00. The number of hydrogen-bond acceptors (Lipinski definition) is 5. The molecule has 0 aliphatic rings. The van der Waals surface area contributed by atoms with E-state index in [-0.39, 0.29) is 6.04 Å². The zero-order valence-corrected chi connectivity index (χ0v) is 18.2. The highest BCUT2D eigenvalue weighted by molar-refractivity contribution is 6.71. The summed E-state index contributed by atoms with van der Waals surface area (Å²) in [6, 6.07) is 2.14. The van der Waals surface area contributed by atoms with Crippen molar-refractivity contribution in [2.24, 2.45) is 5.73 Å². The van der Waals surface area contributed by atoms with Crippen molar-refractivity contribution in [3.05, 3.63) is 0 Å². The predicted octanol–water partition coefficient (Wildman–Crippen LogP) is 3.77. The summed E-state index contributed by atoms with van der Waals surface area (Å²) in [6.07, 6.45) is 3.05. The molecule has 0 heterocycles. The Bertz CT molecular complexity index is 276. The largest absolute Gasteiger partial charge is 0.500 e. The maximum atomic E-state index is 6.30. The molecule has 2 N–H and O–H groups in total. The van der Waals surface area contributed by atoms with Crippen molar-refractivity contribution < 1.29 is 17.7 Å². The summed E-state index contributed by atoms with van der Waals surface area (Å²) in [5.41, 5.74) is 6.30. The third-order valence-electron chi connectivity index (χ3n) is 3.80. The molecule has 0 rings (SSSR count). The van der Waals surface area contributed by atoms with Crippen LogP contribution in [0.3, 0.4) is 0 Å². The Morgan fingerprint density at radius 2 is 1.22 bits per heavy atom. The molecule has 7 heteroatoms. The fourth-order valence-corrected chi connectivity index (χ4v) is 7.47. The minimum Gasteiger partial charge on any atom is -0.418 e. The third kappa shape index (κ3) is 10.7. The van der Waals surface area contributed by atoms with Crippen molar-refractivity contribution in [1.82, 2.24) is 0 Å². The second-order valence-electron chi connectivity index (χ2n) is 6.37. The van der Waals surface area contributed by atoms with Crippen LogP contribution in [0.15, 0.2) is 0 Å². The molecule has 0 spiro atoms. The van der Waals surface area contributed by atoms with Crippen molar-refractivity contribution in [3.8, 4) is 0 Å². The normalized spacial score (nSPS) is 14.2. The Morgan fingerprint density at radius 1 is 0.739 bits per heavy atom. The first-order valence-electron chi connectivity index (χ1n) is 9.16. The van der Waals surface area contributed by atoms with Gasteiger partial charge in [-0.3, -0.25) is 0 Å². The maximum absolute atomic E-state index is 6.30. The topological polar surface area (TPSA) is 62.9 Å². The van der Waals surface area contributed by atoms with Gasteiger partial charge in [0, 0.05) is 38.5 Å². The molecule has 0 aromatic rings. The summed E-state index contributed by atoms with van der Waals surface area (Å²) in [6.45, 7) is 15.3. The molecule has 0 aliphatic carbocycles. The third-order valence-corrected chi connectivity index (χ3v) is 9.52. The van der Waals surface area contributed by atoms with Crippen LogP contribution in [0.25, 0.3) is 0 Å². The van der Waals surface area contributed by atoms with Gasteiger partial charge in [-0.05, 0) is 59.7 Å². The maximum Gasteiger partial charge on any atom is 0.500 e. The van der Waals surface area contributed by atoms with E-state index in [2.05, 4.69) is 20.0 Å². The van der Waals surface area contributed by atoms with Gasteiger partial charge >= 0.3 is 8.80 Å². The average Bonchev–Trinajstić information content (AvgIpc) is 2.46. The van der Waals surface area contributed by atoms with E-state index in [9.17, 15) is 0 Å². The summed E-state index contributed by atoms with van der Waals surface area (Å²) in [5.74, 6) is 0. The predicted molar refractivity (Wildman–Crippen MR) is 101 cm³/mol. The van der Waals surface area contributed by atoms with Crippen LogP contribution in [0, 0.1) is 0 Å². The van der Waals surface area contributed by atoms with Crippen LogP contribution in [0.1, 0.15) is 47.0 Å². The lowest BCUT2D eigenvalue weighted by Gasteiger charge is -2.29. The molecule has 5 nitrogen and oxygen atoms in total. The van der Waals surface area contributed by atoms with Gasteiger partial charge in [-0.15, -0.1) is 0 Å². The lowest BCUT2D eigenvalue weighted by atomic mass is 10.1. The van der Waals surface area contributed by atoms with Crippen LogP contribution in [0.4, 0.5) is 0 Å². The smallest absolute Gasteiger partial charge is 0.418 e. The molecule has 140 valence electrons. The van der Waals surface area contributed by atoms with Crippen molar-refractivity contribution >= 4 is 17.1 Å². The first-order valence-corrected chi connectivity index (χ1v) is 14.2. The van der Waals surface area contributed by atoms with Gasteiger partial charge in [0.1, 0.15) is 0 Å². The first-order chi connectivity index (χ1) is 10.8. The fourth-order valence-electron chi connectivity index (χ4n) is 2.76. The molecule has 0 bridgehead atoms. The Labute approximate surface area is 145 Å². The highest BCUT2D eigenvalue weighted by atomic mass is 28.4. The molecule has 0 saturated carbocycles. The van der Waals surface area contributed by atoms with Crippen molar-refractivity contribution in [1.29, 1.82) is 0 Å².